The van der Waals surface area contributed by atoms with E-state index in [4.69, 9.17) is 0 Å². The van der Waals surface area contributed by atoms with Crippen LogP contribution < -0.4 is 0 Å². The topological polar surface area (TPSA) is 20.2 Å². The van der Waals surface area contributed by atoms with Crippen LogP contribution in [0.3, 0.4) is 0 Å². The Morgan fingerprint density at radius 2 is 0.909 bits per heavy atom. The van der Waals surface area contributed by atoms with Gasteiger partial charge in [0.1, 0.15) is 0 Å². The molecule has 0 aromatic heterocycles. The minimum atomic E-state index is -0.384. The summed E-state index contributed by atoms with van der Waals surface area (Å²) in [6.45, 7) is 8.79. The molecular formula is C21H28O. The highest BCUT2D eigenvalue weighted by molar-refractivity contribution is 5.27. The van der Waals surface area contributed by atoms with Gasteiger partial charge in [0.25, 0.3) is 0 Å². The maximum atomic E-state index is 11.2. The lowest BCUT2D eigenvalue weighted by atomic mass is 9.73. The number of hydrogen-bond acceptors (Lipinski definition) is 1. The van der Waals surface area contributed by atoms with Gasteiger partial charge < -0.3 is 5.11 Å². The fraction of sp³-hybridized carbons (Fsp3) is 0.429. The van der Waals surface area contributed by atoms with Gasteiger partial charge in [0.05, 0.1) is 6.10 Å². The number of aliphatic hydroxyl groups is 1. The molecule has 2 unspecified atom stereocenters. The minimum absolute atomic E-state index is 0.147. The molecule has 0 fully saturated rings. The molecule has 0 amide bonds. The molecule has 0 aliphatic heterocycles. The third kappa shape index (κ3) is 3.78. The van der Waals surface area contributed by atoms with E-state index < -0.39 is 0 Å². The molecule has 0 aliphatic carbocycles. The third-order valence-electron chi connectivity index (χ3n) is 4.54. The molecular weight excluding hydrogens is 268 g/mol. The predicted molar refractivity (Wildman–Crippen MR) is 94.0 cm³/mol. The van der Waals surface area contributed by atoms with Crippen molar-refractivity contribution in [2.24, 2.45) is 11.8 Å². The summed E-state index contributed by atoms with van der Waals surface area (Å²) >= 11 is 0. The molecule has 0 spiro atoms. The van der Waals surface area contributed by atoms with Crippen LogP contribution in [0.5, 0.6) is 0 Å². The lowest BCUT2D eigenvalue weighted by Gasteiger charge is -2.35. The van der Waals surface area contributed by atoms with Gasteiger partial charge >= 0.3 is 0 Å². The highest BCUT2D eigenvalue weighted by atomic mass is 16.3. The molecule has 22 heavy (non-hydrogen) atoms. The monoisotopic (exact) mass is 296 g/mol. The molecule has 0 heterocycles. The third-order valence-corrected chi connectivity index (χ3v) is 4.54. The molecule has 118 valence electrons. The zero-order valence-corrected chi connectivity index (χ0v) is 14.1. The van der Waals surface area contributed by atoms with Gasteiger partial charge in [-0.1, -0.05) is 88.4 Å². The van der Waals surface area contributed by atoms with E-state index in [9.17, 15) is 5.11 Å². The van der Waals surface area contributed by atoms with Gasteiger partial charge in [0.2, 0.25) is 0 Å². The SMILES string of the molecule is CC(C)C(c1ccccc1)C(O)C(c1ccccc1)C(C)C. The lowest BCUT2D eigenvalue weighted by Crippen LogP contribution is -2.32. The highest BCUT2D eigenvalue weighted by Gasteiger charge is 2.33. The van der Waals surface area contributed by atoms with E-state index in [2.05, 4.69) is 76.2 Å². The Morgan fingerprint density at radius 1 is 0.591 bits per heavy atom. The Balaban J connectivity index is 2.37. The largest absolute Gasteiger partial charge is 0.392 e. The van der Waals surface area contributed by atoms with Crippen molar-refractivity contribution >= 4 is 0 Å². The van der Waals surface area contributed by atoms with Crippen molar-refractivity contribution in [1.82, 2.24) is 0 Å². The van der Waals surface area contributed by atoms with Crippen LogP contribution in [0.4, 0.5) is 0 Å². The second kappa shape index (κ2) is 7.60. The van der Waals surface area contributed by atoms with Crippen molar-refractivity contribution in [2.75, 3.05) is 0 Å². The normalized spacial score (nSPS) is 15.8. The van der Waals surface area contributed by atoms with Crippen molar-refractivity contribution in [1.29, 1.82) is 0 Å². The predicted octanol–water partition coefficient (Wildman–Crippen LogP) is 5.23. The maximum absolute atomic E-state index is 11.2. The summed E-state index contributed by atoms with van der Waals surface area (Å²) in [5, 5.41) is 11.2. The molecule has 1 N–H and O–H groups in total. The maximum Gasteiger partial charge on any atom is 0.0682 e. The first kappa shape index (κ1) is 16.8. The van der Waals surface area contributed by atoms with Crippen molar-refractivity contribution in [3.63, 3.8) is 0 Å². The first-order valence-corrected chi connectivity index (χ1v) is 8.30. The van der Waals surface area contributed by atoms with Crippen LogP contribution in [-0.4, -0.2) is 11.2 Å². The van der Waals surface area contributed by atoms with Crippen molar-refractivity contribution in [3.05, 3.63) is 71.8 Å². The van der Waals surface area contributed by atoms with Crippen molar-refractivity contribution < 1.29 is 5.11 Å². The second-order valence-electron chi connectivity index (χ2n) is 6.85. The lowest BCUT2D eigenvalue weighted by molar-refractivity contribution is 0.0776. The van der Waals surface area contributed by atoms with Crippen LogP contribution in [0, 0.1) is 11.8 Å². The summed E-state index contributed by atoms with van der Waals surface area (Å²) in [4.78, 5) is 0. The Labute approximate surface area is 135 Å². The number of aliphatic hydroxyl groups excluding tert-OH is 1. The van der Waals surface area contributed by atoms with Gasteiger partial charge in [0.15, 0.2) is 0 Å². The zero-order chi connectivity index (χ0) is 16.1. The van der Waals surface area contributed by atoms with Gasteiger partial charge in [-0.3, -0.25) is 0 Å². The van der Waals surface area contributed by atoms with Gasteiger partial charge in [-0.05, 0) is 23.0 Å². The van der Waals surface area contributed by atoms with Crippen LogP contribution in [0.1, 0.15) is 50.7 Å². The quantitative estimate of drug-likeness (QED) is 0.774. The fourth-order valence-corrected chi connectivity index (χ4v) is 3.53. The summed E-state index contributed by atoms with van der Waals surface area (Å²) < 4.78 is 0. The Kier molecular flexibility index (Phi) is 5.79. The molecule has 2 atom stereocenters. The second-order valence-corrected chi connectivity index (χ2v) is 6.85. The summed E-state index contributed by atoms with van der Waals surface area (Å²) in [6, 6.07) is 20.8. The Morgan fingerprint density at radius 3 is 1.18 bits per heavy atom. The van der Waals surface area contributed by atoms with E-state index in [0.29, 0.717) is 11.8 Å². The highest BCUT2D eigenvalue weighted by Crippen LogP contribution is 2.38. The first-order chi connectivity index (χ1) is 10.5. The molecule has 0 bridgehead atoms. The van der Waals surface area contributed by atoms with Crippen LogP contribution in [0.15, 0.2) is 60.7 Å². The van der Waals surface area contributed by atoms with E-state index in [1.165, 1.54) is 11.1 Å². The van der Waals surface area contributed by atoms with Crippen LogP contribution >= 0.6 is 0 Å². The fourth-order valence-electron chi connectivity index (χ4n) is 3.53. The van der Waals surface area contributed by atoms with Gasteiger partial charge in [0, 0.05) is 11.8 Å². The minimum Gasteiger partial charge on any atom is -0.392 e. The van der Waals surface area contributed by atoms with E-state index in [1.807, 2.05) is 12.1 Å². The average molecular weight is 296 g/mol. The summed E-state index contributed by atoms with van der Waals surface area (Å²) in [7, 11) is 0. The number of benzene rings is 2. The van der Waals surface area contributed by atoms with E-state index >= 15 is 0 Å². The molecule has 2 rings (SSSR count). The van der Waals surface area contributed by atoms with E-state index in [0.717, 1.165) is 0 Å². The molecule has 0 radical (unpaired) electrons. The van der Waals surface area contributed by atoms with Gasteiger partial charge in [-0.25, -0.2) is 0 Å². The zero-order valence-electron chi connectivity index (χ0n) is 14.1. The molecule has 0 saturated heterocycles. The number of hydrogen-bond donors (Lipinski definition) is 1. The van der Waals surface area contributed by atoms with Crippen LogP contribution in [0.25, 0.3) is 0 Å². The van der Waals surface area contributed by atoms with E-state index in [1.54, 1.807) is 0 Å². The van der Waals surface area contributed by atoms with Crippen molar-refractivity contribution in [2.45, 2.75) is 45.6 Å². The molecule has 1 heteroatoms. The van der Waals surface area contributed by atoms with Crippen molar-refractivity contribution in [3.8, 4) is 0 Å². The van der Waals surface area contributed by atoms with Gasteiger partial charge in [-0.2, -0.15) is 0 Å². The Hall–Kier alpha value is -1.60. The molecule has 0 aliphatic rings. The molecule has 1 nitrogen and oxygen atoms in total. The average Bonchev–Trinajstić information content (AvgIpc) is 2.49. The molecule has 2 aromatic rings. The summed E-state index contributed by atoms with van der Waals surface area (Å²) in [5.41, 5.74) is 2.46. The van der Waals surface area contributed by atoms with Gasteiger partial charge in [-0.15, -0.1) is 0 Å². The molecule has 2 aromatic carbocycles. The Bertz CT molecular complexity index is 493. The smallest absolute Gasteiger partial charge is 0.0682 e. The standard InChI is InChI=1S/C21H28O/c1-15(2)19(17-11-7-5-8-12-17)21(22)20(16(3)4)18-13-9-6-10-14-18/h5-16,19-22H,1-4H3. The van der Waals surface area contributed by atoms with Crippen LogP contribution in [-0.2, 0) is 0 Å². The summed E-state index contributed by atoms with van der Waals surface area (Å²) in [6.07, 6.45) is -0.384. The van der Waals surface area contributed by atoms with E-state index in [-0.39, 0.29) is 17.9 Å². The first-order valence-electron chi connectivity index (χ1n) is 8.30. The molecule has 0 saturated carbocycles. The number of rotatable bonds is 6. The van der Waals surface area contributed by atoms with Crippen LogP contribution in [0.2, 0.25) is 0 Å². The summed E-state index contributed by atoms with van der Waals surface area (Å²) in [5.74, 6) is 1.08.